The fraction of sp³-hybridized carbons (Fsp3) is 0.222. The van der Waals surface area contributed by atoms with Gasteiger partial charge < -0.3 is 10.1 Å². The molecule has 1 N–H and O–H groups in total. The summed E-state index contributed by atoms with van der Waals surface area (Å²) in [5.74, 6) is 0.931. The second-order valence-corrected chi connectivity index (χ2v) is 8.47. The molecular weight excluding hydrogens is 438 g/mol. The smallest absolute Gasteiger partial charge is 0.269 e. The molecule has 1 aromatic carbocycles. The molecule has 0 fully saturated rings. The number of nitrogens with one attached hydrogen (secondary N) is 1. The highest BCUT2D eigenvalue weighted by Gasteiger charge is 2.30. The van der Waals surface area contributed by atoms with Gasteiger partial charge in [0.2, 0.25) is 0 Å². The van der Waals surface area contributed by atoms with Crippen LogP contribution in [-0.2, 0) is 11.3 Å². The fourth-order valence-electron chi connectivity index (χ4n) is 2.26. The molecule has 1 amide bonds. The van der Waals surface area contributed by atoms with Crippen LogP contribution in [0, 0.1) is 0 Å². The standard InChI is InChI=1S/C18H17BrClN3O2S/c1-18(2,25-14-5-3-13(20)4-6-14)17(24)22-16-7-8-21-23(16)10-15-9-12(19)11-26-15/h3-9,11H,10H2,1-2H3,(H,22,24). The topological polar surface area (TPSA) is 56.1 Å². The van der Waals surface area contributed by atoms with E-state index in [1.165, 1.54) is 0 Å². The minimum absolute atomic E-state index is 0.262. The lowest BCUT2D eigenvalue weighted by Gasteiger charge is -2.25. The molecule has 5 nitrogen and oxygen atoms in total. The number of rotatable bonds is 6. The lowest BCUT2D eigenvalue weighted by atomic mass is 10.1. The van der Waals surface area contributed by atoms with E-state index in [4.69, 9.17) is 16.3 Å². The van der Waals surface area contributed by atoms with Crippen LogP contribution in [0.2, 0.25) is 5.02 Å². The van der Waals surface area contributed by atoms with Gasteiger partial charge in [-0.3, -0.25) is 4.79 Å². The van der Waals surface area contributed by atoms with E-state index < -0.39 is 5.60 Å². The lowest BCUT2D eigenvalue weighted by Crippen LogP contribution is -2.43. The molecule has 136 valence electrons. The van der Waals surface area contributed by atoms with E-state index in [0.717, 1.165) is 9.35 Å². The number of hydrogen-bond acceptors (Lipinski definition) is 4. The summed E-state index contributed by atoms with van der Waals surface area (Å²) in [5, 5.41) is 9.81. The maximum atomic E-state index is 12.7. The Hall–Kier alpha value is -1.83. The van der Waals surface area contributed by atoms with Gasteiger partial charge in [0.25, 0.3) is 5.91 Å². The number of nitrogens with zero attached hydrogens (tertiary/aromatic N) is 2. The monoisotopic (exact) mass is 453 g/mol. The van der Waals surface area contributed by atoms with Crippen molar-refractivity contribution < 1.29 is 9.53 Å². The van der Waals surface area contributed by atoms with Crippen LogP contribution < -0.4 is 10.1 Å². The molecule has 0 aliphatic rings. The van der Waals surface area contributed by atoms with Crippen molar-refractivity contribution in [2.45, 2.75) is 26.0 Å². The Morgan fingerprint density at radius 2 is 2.08 bits per heavy atom. The number of halogens is 2. The molecule has 0 spiro atoms. The molecule has 0 unspecified atom stereocenters. The normalized spacial score (nSPS) is 11.4. The molecule has 0 saturated carbocycles. The zero-order valence-corrected chi connectivity index (χ0v) is 17.4. The molecule has 0 atom stereocenters. The Labute approximate surface area is 169 Å². The third-order valence-corrected chi connectivity index (χ3v) is 5.55. The quantitative estimate of drug-likeness (QED) is 0.556. The average molecular weight is 455 g/mol. The van der Waals surface area contributed by atoms with Crippen LogP contribution in [0.1, 0.15) is 18.7 Å². The predicted octanol–water partition coefficient (Wildman–Crippen LogP) is 5.20. The summed E-state index contributed by atoms with van der Waals surface area (Å²) in [6.07, 6.45) is 1.66. The Morgan fingerprint density at radius 3 is 2.73 bits per heavy atom. The van der Waals surface area contributed by atoms with Gasteiger partial charge in [-0.25, -0.2) is 4.68 Å². The van der Waals surface area contributed by atoms with E-state index in [9.17, 15) is 4.79 Å². The number of anilines is 1. The molecule has 2 aromatic heterocycles. The number of hydrogen-bond donors (Lipinski definition) is 1. The molecule has 0 bridgehead atoms. The van der Waals surface area contributed by atoms with Crippen LogP contribution in [0.5, 0.6) is 5.75 Å². The molecular formula is C18H17BrClN3O2S. The molecule has 26 heavy (non-hydrogen) atoms. The van der Waals surface area contributed by atoms with Gasteiger partial charge in [-0.1, -0.05) is 11.6 Å². The van der Waals surface area contributed by atoms with Crippen molar-refractivity contribution in [2.75, 3.05) is 5.32 Å². The van der Waals surface area contributed by atoms with Crippen LogP contribution in [0.25, 0.3) is 0 Å². The summed E-state index contributed by atoms with van der Waals surface area (Å²) < 4.78 is 8.60. The number of carbonyl (C=O) groups is 1. The summed E-state index contributed by atoms with van der Waals surface area (Å²) >= 11 is 11.0. The van der Waals surface area contributed by atoms with Gasteiger partial charge >= 0.3 is 0 Å². The average Bonchev–Trinajstić information content (AvgIpc) is 3.19. The molecule has 3 aromatic rings. The molecule has 0 saturated heterocycles. The summed E-state index contributed by atoms with van der Waals surface area (Å²) in [7, 11) is 0. The molecule has 3 rings (SSSR count). The summed E-state index contributed by atoms with van der Waals surface area (Å²) in [4.78, 5) is 13.8. The van der Waals surface area contributed by atoms with E-state index in [-0.39, 0.29) is 5.91 Å². The lowest BCUT2D eigenvalue weighted by molar-refractivity contribution is -0.128. The van der Waals surface area contributed by atoms with Crippen LogP contribution in [0.4, 0.5) is 5.82 Å². The molecule has 0 radical (unpaired) electrons. The molecule has 0 aliphatic carbocycles. The highest BCUT2D eigenvalue weighted by molar-refractivity contribution is 9.10. The van der Waals surface area contributed by atoms with Crippen molar-refractivity contribution in [3.05, 3.63) is 62.3 Å². The number of ether oxygens (including phenoxy) is 1. The van der Waals surface area contributed by atoms with Crippen LogP contribution >= 0.6 is 38.9 Å². The first-order chi connectivity index (χ1) is 12.3. The van der Waals surface area contributed by atoms with Gasteiger partial charge in [0.1, 0.15) is 11.6 Å². The maximum absolute atomic E-state index is 12.7. The van der Waals surface area contributed by atoms with Gasteiger partial charge in [-0.2, -0.15) is 5.10 Å². The van der Waals surface area contributed by atoms with Crippen LogP contribution in [0.15, 0.2) is 52.4 Å². The Balaban J connectivity index is 1.69. The second kappa shape index (κ2) is 7.82. The van der Waals surface area contributed by atoms with E-state index in [2.05, 4.69) is 26.3 Å². The van der Waals surface area contributed by atoms with Crippen molar-refractivity contribution in [1.82, 2.24) is 9.78 Å². The first-order valence-electron chi connectivity index (χ1n) is 7.84. The van der Waals surface area contributed by atoms with E-state index in [1.54, 1.807) is 66.4 Å². The Morgan fingerprint density at radius 1 is 1.35 bits per heavy atom. The van der Waals surface area contributed by atoms with Gasteiger partial charge in [-0.15, -0.1) is 11.3 Å². The van der Waals surface area contributed by atoms with Gasteiger partial charge in [-0.05, 0) is 60.1 Å². The SMILES string of the molecule is CC(C)(Oc1ccc(Cl)cc1)C(=O)Nc1ccnn1Cc1cc(Br)cs1. The predicted molar refractivity (Wildman–Crippen MR) is 108 cm³/mol. The van der Waals surface area contributed by atoms with Crippen molar-refractivity contribution >= 4 is 50.6 Å². The van der Waals surface area contributed by atoms with E-state index in [1.807, 2.05) is 11.4 Å². The third kappa shape index (κ3) is 4.66. The number of thiophene rings is 1. The summed E-state index contributed by atoms with van der Waals surface area (Å²) in [6, 6.07) is 10.7. The highest BCUT2D eigenvalue weighted by Crippen LogP contribution is 2.24. The summed E-state index contributed by atoms with van der Waals surface area (Å²) in [6.45, 7) is 4.01. The van der Waals surface area contributed by atoms with Crippen molar-refractivity contribution in [3.63, 3.8) is 0 Å². The first-order valence-corrected chi connectivity index (χ1v) is 9.89. The molecule has 0 aliphatic heterocycles. The van der Waals surface area contributed by atoms with Gasteiger partial charge in [0.15, 0.2) is 5.60 Å². The number of benzene rings is 1. The summed E-state index contributed by atoms with van der Waals surface area (Å²) in [5.41, 5.74) is -1.06. The minimum atomic E-state index is -1.06. The zero-order chi connectivity index (χ0) is 18.7. The van der Waals surface area contributed by atoms with E-state index >= 15 is 0 Å². The number of aromatic nitrogens is 2. The van der Waals surface area contributed by atoms with Gasteiger partial charge in [0, 0.05) is 25.8 Å². The van der Waals surface area contributed by atoms with Crippen molar-refractivity contribution in [2.24, 2.45) is 0 Å². The van der Waals surface area contributed by atoms with E-state index in [0.29, 0.717) is 23.1 Å². The van der Waals surface area contributed by atoms with Crippen molar-refractivity contribution in [3.8, 4) is 5.75 Å². The highest BCUT2D eigenvalue weighted by atomic mass is 79.9. The second-order valence-electron chi connectivity index (χ2n) is 6.13. The van der Waals surface area contributed by atoms with Crippen LogP contribution in [-0.4, -0.2) is 21.3 Å². The van der Waals surface area contributed by atoms with Crippen molar-refractivity contribution in [1.29, 1.82) is 0 Å². The number of carbonyl (C=O) groups excluding carboxylic acids is 1. The third-order valence-electron chi connectivity index (χ3n) is 3.62. The fourth-order valence-corrected chi connectivity index (χ4v) is 3.82. The van der Waals surface area contributed by atoms with Crippen LogP contribution in [0.3, 0.4) is 0 Å². The molecule has 8 heteroatoms. The first kappa shape index (κ1) is 18.9. The zero-order valence-electron chi connectivity index (χ0n) is 14.2. The van der Waals surface area contributed by atoms with Gasteiger partial charge in [0.05, 0.1) is 12.7 Å². The molecule has 2 heterocycles. The minimum Gasteiger partial charge on any atom is -0.478 e. The Bertz CT molecular complexity index is 905. The largest absolute Gasteiger partial charge is 0.478 e. The number of amides is 1. The maximum Gasteiger partial charge on any atom is 0.269 e. The Kier molecular flexibility index (Phi) is 5.70.